The number of aromatic hydroxyl groups is 3. The van der Waals surface area contributed by atoms with Gasteiger partial charge < -0.3 is 20.4 Å². The summed E-state index contributed by atoms with van der Waals surface area (Å²) >= 11 is 2.67. The van der Waals surface area contributed by atoms with Crippen molar-refractivity contribution in [2.75, 3.05) is 12.0 Å². The van der Waals surface area contributed by atoms with E-state index in [4.69, 9.17) is 0 Å². The Kier molecular flexibility index (Phi) is 5.27. The second-order valence-corrected chi connectivity index (χ2v) is 6.32. The van der Waals surface area contributed by atoms with E-state index in [1.165, 1.54) is 41.7 Å². The van der Waals surface area contributed by atoms with Crippen molar-refractivity contribution in [2.45, 2.75) is 15.9 Å². The van der Waals surface area contributed by atoms with Crippen molar-refractivity contribution in [3.05, 3.63) is 42.0 Å². The van der Waals surface area contributed by atoms with Crippen LogP contribution in [-0.4, -0.2) is 32.4 Å². The lowest BCUT2D eigenvalue weighted by atomic mass is 10.1. The molecule has 0 aliphatic carbocycles. The minimum Gasteiger partial charge on any atom is -0.508 e. The zero-order chi connectivity index (χ0) is 15.4. The molecule has 0 spiro atoms. The molecule has 0 radical (unpaired) electrons. The number of aliphatic hydroxyl groups excluding tert-OH is 1. The molecular formula is C15H16O4S2. The predicted molar refractivity (Wildman–Crippen MR) is 85.3 cm³/mol. The van der Waals surface area contributed by atoms with Crippen LogP contribution in [0.4, 0.5) is 0 Å². The molecule has 0 bridgehead atoms. The fourth-order valence-corrected chi connectivity index (χ4v) is 3.22. The Bertz CT molecular complexity index is 631. The SMILES string of the molecule is CSc1ccc(C(O)CSc2cc(O)ccc2O)cc1O. The summed E-state index contributed by atoms with van der Waals surface area (Å²) < 4.78 is 0. The van der Waals surface area contributed by atoms with Crippen molar-refractivity contribution in [2.24, 2.45) is 0 Å². The quantitative estimate of drug-likeness (QED) is 0.499. The highest BCUT2D eigenvalue weighted by atomic mass is 32.2. The second kappa shape index (κ2) is 6.98. The van der Waals surface area contributed by atoms with Crippen LogP contribution in [0.5, 0.6) is 17.2 Å². The van der Waals surface area contributed by atoms with Crippen LogP contribution < -0.4 is 0 Å². The summed E-state index contributed by atoms with van der Waals surface area (Å²) in [6.07, 6.45) is 1.09. The topological polar surface area (TPSA) is 80.9 Å². The molecule has 0 heterocycles. The summed E-state index contributed by atoms with van der Waals surface area (Å²) in [6.45, 7) is 0. The van der Waals surface area contributed by atoms with Crippen LogP contribution in [0.15, 0.2) is 46.2 Å². The molecule has 1 unspecified atom stereocenters. The predicted octanol–water partition coefficient (Wildman–Crippen LogP) is 3.35. The van der Waals surface area contributed by atoms with Gasteiger partial charge in [0.2, 0.25) is 0 Å². The first-order valence-corrected chi connectivity index (χ1v) is 8.42. The van der Waals surface area contributed by atoms with Crippen molar-refractivity contribution in [3.63, 3.8) is 0 Å². The summed E-state index contributed by atoms with van der Waals surface area (Å²) in [5.74, 6) is 0.566. The lowest BCUT2D eigenvalue weighted by Crippen LogP contribution is -2.00. The zero-order valence-corrected chi connectivity index (χ0v) is 13.0. The van der Waals surface area contributed by atoms with E-state index in [9.17, 15) is 20.4 Å². The van der Waals surface area contributed by atoms with Crippen molar-refractivity contribution < 1.29 is 20.4 Å². The third-order valence-corrected chi connectivity index (χ3v) is 4.83. The van der Waals surface area contributed by atoms with Gasteiger partial charge in [-0.05, 0) is 42.2 Å². The van der Waals surface area contributed by atoms with E-state index in [0.717, 1.165) is 4.90 Å². The minimum absolute atomic E-state index is 0.0607. The molecular weight excluding hydrogens is 308 g/mol. The second-order valence-electron chi connectivity index (χ2n) is 4.41. The molecule has 6 heteroatoms. The molecule has 2 rings (SSSR count). The molecule has 0 aliphatic rings. The molecule has 0 saturated carbocycles. The number of hydrogen-bond acceptors (Lipinski definition) is 6. The maximum absolute atomic E-state index is 10.1. The summed E-state index contributed by atoms with van der Waals surface area (Å²) in [7, 11) is 0. The Morgan fingerprint density at radius 1 is 0.952 bits per heavy atom. The van der Waals surface area contributed by atoms with Gasteiger partial charge in [-0.2, -0.15) is 0 Å². The molecule has 1 atom stereocenters. The van der Waals surface area contributed by atoms with E-state index in [1.807, 2.05) is 6.26 Å². The van der Waals surface area contributed by atoms with E-state index in [0.29, 0.717) is 16.2 Å². The van der Waals surface area contributed by atoms with Crippen molar-refractivity contribution >= 4 is 23.5 Å². The van der Waals surface area contributed by atoms with Crippen LogP contribution in [0, 0.1) is 0 Å². The largest absolute Gasteiger partial charge is 0.508 e. The fourth-order valence-electron chi connectivity index (χ4n) is 1.80. The first kappa shape index (κ1) is 15.9. The maximum Gasteiger partial charge on any atom is 0.129 e. The highest BCUT2D eigenvalue weighted by Gasteiger charge is 2.12. The number of aliphatic hydroxyl groups is 1. The zero-order valence-electron chi connectivity index (χ0n) is 11.4. The number of hydrogen-bond donors (Lipinski definition) is 4. The van der Waals surface area contributed by atoms with Gasteiger partial charge in [0, 0.05) is 10.6 Å². The van der Waals surface area contributed by atoms with Crippen LogP contribution in [0.25, 0.3) is 0 Å². The van der Waals surface area contributed by atoms with Crippen LogP contribution in [-0.2, 0) is 0 Å². The van der Waals surface area contributed by atoms with Gasteiger partial charge >= 0.3 is 0 Å². The van der Waals surface area contributed by atoms with E-state index >= 15 is 0 Å². The Morgan fingerprint density at radius 2 is 1.71 bits per heavy atom. The molecule has 0 saturated heterocycles. The Morgan fingerprint density at radius 3 is 2.38 bits per heavy atom. The molecule has 2 aromatic carbocycles. The van der Waals surface area contributed by atoms with Gasteiger partial charge in [-0.15, -0.1) is 23.5 Å². The van der Waals surface area contributed by atoms with Crippen molar-refractivity contribution in [3.8, 4) is 17.2 Å². The van der Waals surface area contributed by atoms with Crippen LogP contribution >= 0.6 is 23.5 Å². The van der Waals surface area contributed by atoms with E-state index in [-0.39, 0.29) is 17.2 Å². The number of phenolic OH excluding ortho intramolecular Hbond substituents is 3. The number of phenols is 3. The molecule has 0 aliphatic heterocycles. The van der Waals surface area contributed by atoms with Gasteiger partial charge in [0.15, 0.2) is 0 Å². The van der Waals surface area contributed by atoms with Gasteiger partial charge in [0.25, 0.3) is 0 Å². The molecule has 112 valence electrons. The number of rotatable bonds is 5. The minimum atomic E-state index is -0.779. The van der Waals surface area contributed by atoms with Crippen LogP contribution in [0.2, 0.25) is 0 Å². The van der Waals surface area contributed by atoms with Gasteiger partial charge in [-0.1, -0.05) is 6.07 Å². The average molecular weight is 324 g/mol. The average Bonchev–Trinajstić information content (AvgIpc) is 2.47. The summed E-state index contributed by atoms with van der Waals surface area (Å²) in [4.78, 5) is 1.25. The molecule has 0 fully saturated rings. The molecule has 4 nitrogen and oxygen atoms in total. The third kappa shape index (κ3) is 4.00. The fraction of sp³-hybridized carbons (Fsp3) is 0.200. The standard InChI is InChI=1S/C15H16O4S2/c1-20-14-5-2-9(6-12(14)18)13(19)8-21-15-7-10(16)3-4-11(15)17/h2-7,13,16-19H,8H2,1H3. The lowest BCUT2D eigenvalue weighted by Gasteiger charge is -2.13. The molecule has 0 amide bonds. The molecule has 2 aromatic rings. The maximum atomic E-state index is 10.1. The summed E-state index contributed by atoms with van der Waals surface area (Å²) in [5.41, 5.74) is 0.609. The smallest absolute Gasteiger partial charge is 0.129 e. The van der Waals surface area contributed by atoms with E-state index in [1.54, 1.807) is 18.2 Å². The third-order valence-electron chi connectivity index (χ3n) is 2.93. The van der Waals surface area contributed by atoms with Crippen molar-refractivity contribution in [1.82, 2.24) is 0 Å². The Balaban J connectivity index is 2.06. The summed E-state index contributed by atoms with van der Waals surface area (Å²) in [5, 5.41) is 39.0. The monoisotopic (exact) mass is 324 g/mol. The summed E-state index contributed by atoms with van der Waals surface area (Å²) in [6, 6.07) is 9.31. The van der Waals surface area contributed by atoms with Gasteiger partial charge in [0.1, 0.15) is 17.2 Å². The van der Waals surface area contributed by atoms with Gasteiger partial charge in [-0.3, -0.25) is 0 Å². The van der Waals surface area contributed by atoms with Crippen LogP contribution in [0.3, 0.4) is 0 Å². The van der Waals surface area contributed by atoms with Gasteiger partial charge in [0.05, 0.1) is 11.0 Å². The highest BCUT2D eigenvalue weighted by molar-refractivity contribution is 7.99. The Labute approximate surface area is 131 Å². The van der Waals surface area contributed by atoms with Crippen LogP contribution in [0.1, 0.15) is 11.7 Å². The van der Waals surface area contributed by atoms with Crippen molar-refractivity contribution in [1.29, 1.82) is 0 Å². The normalized spacial score (nSPS) is 12.3. The first-order valence-electron chi connectivity index (χ1n) is 6.21. The first-order chi connectivity index (χ1) is 10.0. The van der Waals surface area contributed by atoms with E-state index < -0.39 is 6.10 Å². The van der Waals surface area contributed by atoms with Gasteiger partial charge in [-0.25, -0.2) is 0 Å². The molecule has 21 heavy (non-hydrogen) atoms. The Hall–Kier alpha value is -1.50. The molecule has 0 aromatic heterocycles. The number of thioether (sulfide) groups is 2. The highest BCUT2D eigenvalue weighted by Crippen LogP contribution is 2.35. The van der Waals surface area contributed by atoms with E-state index in [2.05, 4.69) is 0 Å². The number of benzene rings is 2. The lowest BCUT2D eigenvalue weighted by molar-refractivity contribution is 0.203. The molecule has 4 N–H and O–H groups in total.